The number of carbonyl (C=O) groups excluding carboxylic acids is 1. The van der Waals surface area contributed by atoms with Gasteiger partial charge in [-0.15, -0.1) is 0 Å². The zero-order valence-electron chi connectivity index (χ0n) is 17.8. The molecule has 0 aliphatic rings. The number of nitrogens with two attached hydrogens (primary N) is 1. The highest BCUT2D eigenvalue weighted by molar-refractivity contribution is 5.92. The number of rotatable bonds is 3. The number of fused-ring (bicyclic) bond motifs is 1. The van der Waals surface area contributed by atoms with Gasteiger partial charge in [0.05, 0.1) is 16.8 Å². The molecule has 0 radical (unpaired) electrons. The molecule has 0 saturated carbocycles. The summed E-state index contributed by atoms with van der Waals surface area (Å²) in [6.07, 6.45) is 1.66. The highest BCUT2D eigenvalue weighted by Crippen LogP contribution is 2.26. The molecular formula is C23H26FN3O3. The van der Waals surface area contributed by atoms with Crippen LogP contribution >= 0.6 is 0 Å². The molecular weight excluding hydrogens is 385 g/mol. The zero-order chi connectivity index (χ0) is 22.2. The van der Waals surface area contributed by atoms with E-state index in [-0.39, 0.29) is 16.6 Å². The molecule has 30 heavy (non-hydrogen) atoms. The second kappa shape index (κ2) is 7.82. The monoisotopic (exact) mass is 411 g/mol. The lowest BCUT2D eigenvalue weighted by molar-refractivity contribution is 0.0588. The summed E-state index contributed by atoms with van der Waals surface area (Å²) in [4.78, 5) is 26.5. The van der Waals surface area contributed by atoms with E-state index in [0.29, 0.717) is 23.2 Å². The first-order valence-electron chi connectivity index (χ1n) is 9.72. The summed E-state index contributed by atoms with van der Waals surface area (Å²) in [6, 6.07) is 9.69. The molecule has 0 saturated heterocycles. The van der Waals surface area contributed by atoms with Gasteiger partial charge in [-0.2, -0.15) is 0 Å². The van der Waals surface area contributed by atoms with Crippen molar-refractivity contribution in [2.24, 2.45) is 0 Å². The molecule has 1 heterocycles. The van der Waals surface area contributed by atoms with Gasteiger partial charge >= 0.3 is 6.09 Å². The lowest BCUT2D eigenvalue weighted by Crippen LogP contribution is -2.34. The van der Waals surface area contributed by atoms with E-state index in [1.807, 2.05) is 13.0 Å². The molecule has 0 fully saturated rings. The third kappa shape index (κ3) is 4.15. The Morgan fingerprint density at radius 2 is 1.90 bits per heavy atom. The maximum atomic E-state index is 14.9. The Morgan fingerprint density at radius 1 is 1.20 bits per heavy atom. The molecule has 1 aromatic heterocycles. The molecule has 3 rings (SSSR count). The van der Waals surface area contributed by atoms with Crippen LogP contribution in [0.4, 0.5) is 20.6 Å². The van der Waals surface area contributed by atoms with Crippen molar-refractivity contribution in [3.63, 3.8) is 0 Å². The van der Waals surface area contributed by atoms with E-state index in [1.54, 1.807) is 45.2 Å². The van der Waals surface area contributed by atoms with Gasteiger partial charge in [0.25, 0.3) is 5.56 Å². The number of aromatic nitrogens is 1. The molecule has 0 atom stereocenters. The van der Waals surface area contributed by atoms with E-state index in [4.69, 9.17) is 10.5 Å². The Bertz CT molecular complexity index is 1180. The Hall–Kier alpha value is -3.35. The zero-order valence-corrected chi connectivity index (χ0v) is 17.8. The lowest BCUT2D eigenvalue weighted by atomic mass is 10.1. The van der Waals surface area contributed by atoms with E-state index in [2.05, 4.69) is 0 Å². The van der Waals surface area contributed by atoms with E-state index in [0.717, 1.165) is 16.5 Å². The van der Waals surface area contributed by atoms with Crippen LogP contribution in [0.1, 0.15) is 33.3 Å². The van der Waals surface area contributed by atoms with Crippen molar-refractivity contribution in [2.45, 2.75) is 39.7 Å². The second-order valence-corrected chi connectivity index (χ2v) is 8.16. The number of hydrogen-bond donors (Lipinski definition) is 1. The Morgan fingerprint density at radius 3 is 2.53 bits per heavy atom. The molecule has 158 valence electrons. The average Bonchev–Trinajstić information content (AvgIpc) is 2.66. The first-order chi connectivity index (χ1) is 14.0. The van der Waals surface area contributed by atoms with Crippen LogP contribution in [-0.4, -0.2) is 23.3 Å². The van der Waals surface area contributed by atoms with Crippen LogP contribution in [0.3, 0.4) is 0 Å². The number of amides is 1. The number of ether oxygens (including phenoxy) is 1. The molecule has 3 aromatic rings. The summed E-state index contributed by atoms with van der Waals surface area (Å²) in [7, 11) is 1.43. The first-order valence-corrected chi connectivity index (χ1v) is 9.72. The number of benzene rings is 2. The molecule has 7 heteroatoms. The van der Waals surface area contributed by atoms with Gasteiger partial charge < -0.3 is 10.5 Å². The predicted octanol–water partition coefficient (Wildman–Crippen LogP) is 4.65. The number of pyridine rings is 1. The molecule has 2 aromatic carbocycles. The molecule has 0 aliphatic carbocycles. The fourth-order valence-electron chi connectivity index (χ4n) is 3.25. The van der Waals surface area contributed by atoms with Gasteiger partial charge in [-0.3, -0.25) is 14.3 Å². The second-order valence-electron chi connectivity index (χ2n) is 8.16. The summed E-state index contributed by atoms with van der Waals surface area (Å²) in [6.45, 7) is 7.18. The summed E-state index contributed by atoms with van der Waals surface area (Å²) in [5, 5.41) is 0.742. The van der Waals surface area contributed by atoms with Gasteiger partial charge in [0, 0.05) is 18.9 Å². The van der Waals surface area contributed by atoms with Crippen molar-refractivity contribution < 1.29 is 13.9 Å². The van der Waals surface area contributed by atoms with Gasteiger partial charge in [-0.1, -0.05) is 6.92 Å². The number of hydrogen-bond acceptors (Lipinski definition) is 4. The molecule has 1 amide bonds. The smallest absolute Gasteiger partial charge is 0.414 e. The summed E-state index contributed by atoms with van der Waals surface area (Å²) >= 11 is 0. The van der Waals surface area contributed by atoms with Gasteiger partial charge in [0.2, 0.25) is 0 Å². The van der Waals surface area contributed by atoms with E-state index >= 15 is 0 Å². The van der Waals surface area contributed by atoms with Gasteiger partial charge in [0.1, 0.15) is 11.4 Å². The van der Waals surface area contributed by atoms with Crippen LogP contribution in [-0.2, 0) is 11.2 Å². The van der Waals surface area contributed by atoms with Gasteiger partial charge in [-0.25, -0.2) is 9.18 Å². The minimum Gasteiger partial charge on any atom is -0.443 e. The largest absolute Gasteiger partial charge is 0.443 e. The van der Waals surface area contributed by atoms with Crippen molar-refractivity contribution in [1.29, 1.82) is 0 Å². The van der Waals surface area contributed by atoms with E-state index in [1.165, 1.54) is 17.7 Å². The molecule has 0 unspecified atom stereocenters. The van der Waals surface area contributed by atoms with Crippen LogP contribution in [0, 0.1) is 5.82 Å². The topological polar surface area (TPSA) is 77.6 Å². The van der Waals surface area contributed by atoms with Crippen LogP contribution in [0.5, 0.6) is 0 Å². The number of nitrogens with zero attached hydrogens (tertiary/aromatic N) is 2. The van der Waals surface area contributed by atoms with Crippen LogP contribution in [0.15, 0.2) is 47.4 Å². The number of nitrogen functional groups attached to an aromatic ring is 1. The molecule has 2 N–H and O–H groups in total. The average molecular weight is 411 g/mol. The SMILES string of the molecule is CCc1cc(N)ccc1-n1ccc2cc(N(C)C(=O)OC(C)(C)C)c(F)cc2c1=O. The lowest BCUT2D eigenvalue weighted by Gasteiger charge is -2.25. The van der Waals surface area contributed by atoms with Crippen molar-refractivity contribution >= 4 is 28.2 Å². The van der Waals surface area contributed by atoms with Crippen molar-refractivity contribution in [1.82, 2.24) is 4.57 Å². The van der Waals surface area contributed by atoms with Crippen molar-refractivity contribution in [3.05, 3.63) is 64.3 Å². The minimum absolute atomic E-state index is 0.0376. The summed E-state index contributed by atoms with van der Waals surface area (Å²) in [5.41, 5.74) is 7.07. The standard InChI is InChI=1S/C23H26FN3O3/c1-6-14-11-16(25)7-8-19(14)27-10-9-15-12-20(18(24)13-17(15)21(27)28)26(5)22(29)30-23(2,3)4/h7-13H,6,25H2,1-5H3. The minimum atomic E-state index is -0.706. The number of aryl methyl sites for hydroxylation is 1. The van der Waals surface area contributed by atoms with Crippen LogP contribution < -0.4 is 16.2 Å². The van der Waals surface area contributed by atoms with Crippen molar-refractivity contribution in [2.75, 3.05) is 17.7 Å². The number of anilines is 2. The van der Waals surface area contributed by atoms with Gasteiger partial charge in [-0.05, 0) is 74.5 Å². The van der Waals surface area contributed by atoms with Gasteiger partial charge in [0.15, 0.2) is 0 Å². The molecule has 0 spiro atoms. The number of carbonyl (C=O) groups is 1. The fourth-order valence-corrected chi connectivity index (χ4v) is 3.25. The summed E-state index contributed by atoms with van der Waals surface area (Å²) < 4.78 is 21.6. The highest BCUT2D eigenvalue weighted by atomic mass is 19.1. The normalized spacial score (nSPS) is 11.5. The first kappa shape index (κ1) is 21.4. The summed E-state index contributed by atoms with van der Waals surface area (Å²) in [5.74, 6) is -0.682. The molecule has 0 bridgehead atoms. The fraction of sp³-hybridized carbons (Fsp3) is 0.304. The highest BCUT2D eigenvalue weighted by Gasteiger charge is 2.23. The third-order valence-corrected chi connectivity index (χ3v) is 4.74. The third-order valence-electron chi connectivity index (χ3n) is 4.74. The quantitative estimate of drug-likeness (QED) is 0.637. The Labute approximate surface area is 174 Å². The van der Waals surface area contributed by atoms with Crippen LogP contribution in [0.25, 0.3) is 16.5 Å². The van der Waals surface area contributed by atoms with E-state index < -0.39 is 17.5 Å². The predicted molar refractivity (Wildman–Crippen MR) is 118 cm³/mol. The maximum absolute atomic E-state index is 14.9. The number of halogens is 1. The molecule has 6 nitrogen and oxygen atoms in total. The van der Waals surface area contributed by atoms with E-state index in [9.17, 15) is 14.0 Å². The van der Waals surface area contributed by atoms with Crippen molar-refractivity contribution in [3.8, 4) is 5.69 Å². The molecule has 0 aliphatic heterocycles. The Balaban J connectivity index is 2.09. The Kier molecular flexibility index (Phi) is 5.57. The maximum Gasteiger partial charge on any atom is 0.414 e. The van der Waals surface area contributed by atoms with Crippen LogP contribution in [0.2, 0.25) is 0 Å².